The van der Waals surface area contributed by atoms with Gasteiger partial charge < -0.3 is 10.1 Å². The first-order chi connectivity index (χ1) is 10.5. The van der Waals surface area contributed by atoms with E-state index in [2.05, 4.69) is 5.32 Å². The van der Waals surface area contributed by atoms with Crippen LogP contribution in [-0.4, -0.2) is 24.5 Å². The van der Waals surface area contributed by atoms with Gasteiger partial charge in [0.2, 0.25) is 5.91 Å². The zero-order valence-electron chi connectivity index (χ0n) is 12.5. The van der Waals surface area contributed by atoms with Crippen molar-refractivity contribution in [1.82, 2.24) is 5.32 Å². The number of hydrogen-bond acceptors (Lipinski definition) is 3. The van der Waals surface area contributed by atoms with Crippen LogP contribution in [0, 0.1) is 0 Å². The smallest absolute Gasteiger partial charge is 0.331 e. The Kier molecular flexibility index (Phi) is 5.70. The summed E-state index contributed by atoms with van der Waals surface area (Å²) in [5.74, 6) is -0.583. The van der Waals surface area contributed by atoms with Gasteiger partial charge in [0.15, 0.2) is 0 Å². The van der Waals surface area contributed by atoms with Crippen LogP contribution in [0.25, 0.3) is 0 Å². The number of ether oxygens (including phenoxy) is 1. The summed E-state index contributed by atoms with van der Waals surface area (Å²) >= 11 is 11.8. The normalized spacial score (nSPS) is 16.9. The van der Waals surface area contributed by atoms with Crippen LogP contribution in [0.5, 0.6) is 0 Å². The highest BCUT2D eigenvalue weighted by Crippen LogP contribution is 2.29. The minimum absolute atomic E-state index is 0.148. The standard InChI is InChI=1S/C16H19Cl2NO3/c1-22-15(21)16(7-3-2-4-8-16)19-14(20)10-11-5-6-12(17)13(18)9-11/h5-6,9H,2-4,7-8,10H2,1H3,(H,19,20). The molecule has 120 valence electrons. The number of nitrogens with one attached hydrogen (secondary N) is 1. The van der Waals surface area contributed by atoms with Crippen molar-refractivity contribution in [2.45, 2.75) is 44.1 Å². The number of rotatable bonds is 4. The number of carbonyl (C=O) groups is 2. The van der Waals surface area contributed by atoms with Gasteiger partial charge in [-0.1, -0.05) is 48.5 Å². The van der Waals surface area contributed by atoms with Gasteiger partial charge in [0, 0.05) is 0 Å². The van der Waals surface area contributed by atoms with E-state index in [0.717, 1.165) is 24.8 Å². The first-order valence-corrected chi connectivity index (χ1v) is 8.06. The molecule has 0 unspecified atom stereocenters. The number of hydrogen-bond donors (Lipinski definition) is 1. The lowest BCUT2D eigenvalue weighted by Gasteiger charge is -2.35. The second-order valence-corrected chi connectivity index (χ2v) is 6.42. The fraction of sp³-hybridized carbons (Fsp3) is 0.500. The number of esters is 1. The van der Waals surface area contributed by atoms with E-state index in [9.17, 15) is 9.59 Å². The van der Waals surface area contributed by atoms with Crippen LogP contribution >= 0.6 is 23.2 Å². The molecule has 1 aromatic rings. The Morgan fingerprint density at radius 3 is 2.45 bits per heavy atom. The average molecular weight is 344 g/mol. The van der Waals surface area contributed by atoms with E-state index in [4.69, 9.17) is 27.9 Å². The van der Waals surface area contributed by atoms with Crippen molar-refractivity contribution in [3.8, 4) is 0 Å². The quantitative estimate of drug-likeness (QED) is 0.850. The van der Waals surface area contributed by atoms with Gasteiger partial charge in [0.1, 0.15) is 5.54 Å². The lowest BCUT2D eigenvalue weighted by molar-refractivity contribution is -0.152. The minimum Gasteiger partial charge on any atom is -0.467 e. The number of halogens is 2. The maximum Gasteiger partial charge on any atom is 0.331 e. The zero-order valence-corrected chi connectivity index (χ0v) is 14.0. The monoisotopic (exact) mass is 343 g/mol. The van der Waals surface area contributed by atoms with E-state index in [1.54, 1.807) is 18.2 Å². The summed E-state index contributed by atoms with van der Waals surface area (Å²) in [5.41, 5.74) is -0.136. The number of methoxy groups -OCH3 is 1. The lowest BCUT2D eigenvalue weighted by atomic mass is 9.81. The molecule has 1 aliphatic rings. The van der Waals surface area contributed by atoms with Crippen LogP contribution < -0.4 is 5.32 Å². The Balaban J connectivity index is 2.07. The Morgan fingerprint density at radius 2 is 1.86 bits per heavy atom. The van der Waals surface area contributed by atoms with Gasteiger partial charge in [0.25, 0.3) is 0 Å². The summed E-state index contributed by atoms with van der Waals surface area (Å²) in [6.45, 7) is 0. The summed E-state index contributed by atoms with van der Waals surface area (Å²) in [7, 11) is 1.35. The average Bonchev–Trinajstić information content (AvgIpc) is 2.51. The predicted molar refractivity (Wildman–Crippen MR) is 86.1 cm³/mol. The molecule has 4 nitrogen and oxygen atoms in total. The molecule has 0 aromatic heterocycles. The van der Waals surface area contributed by atoms with E-state index < -0.39 is 5.54 Å². The van der Waals surface area contributed by atoms with Crippen LogP contribution in [-0.2, 0) is 20.7 Å². The van der Waals surface area contributed by atoms with E-state index >= 15 is 0 Å². The van der Waals surface area contributed by atoms with E-state index in [0.29, 0.717) is 22.9 Å². The molecular weight excluding hydrogens is 325 g/mol. The zero-order chi connectivity index (χ0) is 16.2. The van der Waals surface area contributed by atoms with Gasteiger partial charge in [-0.3, -0.25) is 4.79 Å². The summed E-state index contributed by atoms with van der Waals surface area (Å²) < 4.78 is 4.89. The van der Waals surface area contributed by atoms with Crippen molar-refractivity contribution in [3.05, 3.63) is 33.8 Å². The molecule has 1 aliphatic carbocycles. The molecule has 1 amide bonds. The SMILES string of the molecule is COC(=O)C1(NC(=O)Cc2ccc(Cl)c(Cl)c2)CCCCC1. The summed E-state index contributed by atoms with van der Waals surface area (Å²) in [6.07, 6.45) is 4.26. The number of amides is 1. The molecule has 6 heteroatoms. The predicted octanol–water partition coefficient (Wildman–Crippen LogP) is 3.53. The largest absolute Gasteiger partial charge is 0.467 e. The molecule has 1 fully saturated rings. The molecule has 22 heavy (non-hydrogen) atoms. The van der Waals surface area contributed by atoms with Gasteiger partial charge in [-0.2, -0.15) is 0 Å². The van der Waals surface area contributed by atoms with Crippen molar-refractivity contribution in [3.63, 3.8) is 0 Å². The molecule has 0 atom stereocenters. The number of benzene rings is 1. The molecular formula is C16H19Cl2NO3. The highest BCUT2D eigenvalue weighted by molar-refractivity contribution is 6.42. The Morgan fingerprint density at radius 1 is 1.18 bits per heavy atom. The molecule has 0 bridgehead atoms. The summed E-state index contributed by atoms with van der Waals surface area (Å²) in [4.78, 5) is 24.4. The lowest BCUT2D eigenvalue weighted by Crippen LogP contribution is -2.56. The van der Waals surface area contributed by atoms with Gasteiger partial charge in [0.05, 0.1) is 23.6 Å². The van der Waals surface area contributed by atoms with E-state index in [1.807, 2.05) is 0 Å². The molecule has 1 aromatic carbocycles. The third-order valence-electron chi connectivity index (χ3n) is 4.01. The molecule has 0 heterocycles. The minimum atomic E-state index is -0.889. The van der Waals surface area contributed by atoms with Crippen LogP contribution in [0.1, 0.15) is 37.7 Å². The Bertz CT molecular complexity index is 569. The highest BCUT2D eigenvalue weighted by atomic mass is 35.5. The maximum absolute atomic E-state index is 12.3. The first-order valence-electron chi connectivity index (χ1n) is 7.30. The molecule has 0 radical (unpaired) electrons. The van der Waals surface area contributed by atoms with Gasteiger partial charge in [-0.25, -0.2) is 4.79 Å². The van der Waals surface area contributed by atoms with E-state index in [-0.39, 0.29) is 18.3 Å². The maximum atomic E-state index is 12.3. The van der Waals surface area contributed by atoms with Crippen molar-refractivity contribution >= 4 is 35.1 Å². The van der Waals surface area contributed by atoms with Gasteiger partial charge in [-0.05, 0) is 30.5 Å². The third kappa shape index (κ3) is 3.93. The third-order valence-corrected chi connectivity index (χ3v) is 4.75. The Hall–Kier alpha value is -1.26. The fourth-order valence-corrected chi connectivity index (χ4v) is 3.20. The molecule has 0 saturated heterocycles. The van der Waals surface area contributed by atoms with Gasteiger partial charge >= 0.3 is 5.97 Å². The van der Waals surface area contributed by atoms with Crippen LogP contribution in [0.2, 0.25) is 10.0 Å². The molecule has 1 N–H and O–H groups in total. The van der Waals surface area contributed by atoms with E-state index in [1.165, 1.54) is 7.11 Å². The molecule has 0 spiro atoms. The Labute approximate surface area is 140 Å². The second-order valence-electron chi connectivity index (χ2n) is 5.61. The summed E-state index contributed by atoms with van der Waals surface area (Å²) in [6, 6.07) is 5.07. The van der Waals surface area contributed by atoms with Crippen LogP contribution in [0.15, 0.2) is 18.2 Å². The fourth-order valence-electron chi connectivity index (χ4n) is 2.88. The van der Waals surface area contributed by atoms with Crippen LogP contribution in [0.4, 0.5) is 0 Å². The second kappa shape index (κ2) is 7.34. The summed E-state index contributed by atoms with van der Waals surface area (Å²) in [5, 5.41) is 3.73. The van der Waals surface area contributed by atoms with Crippen molar-refractivity contribution in [1.29, 1.82) is 0 Å². The van der Waals surface area contributed by atoms with Crippen molar-refractivity contribution < 1.29 is 14.3 Å². The van der Waals surface area contributed by atoms with Crippen molar-refractivity contribution in [2.24, 2.45) is 0 Å². The topological polar surface area (TPSA) is 55.4 Å². The molecule has 1 saturated carbocycles. The van der Waals surface area contributed by atoms with Gasteiger partial charge in [-0.15, -0.1) is 0 Å². The number of carbonyl (C=O) groups excluding carboxylic acids is 2. The first kappa shape index (κ1) is 17.1. The van der Waals surface area contributed by atoms with Crippen molar-refractivity contribution in [2.75, 3.05) is 7.11 Å². The molecule has 2 rings (SSSR count). The highest BCUT2D eigenvalue weighted by Gasteiger charge is 2.41. The molecule has 0 aliphatic heterocycles. The van der Waals surface area contributed by atoms with Crippen LogP contribution in [0.3, 0.4) is 0 Å².